The average molecular weight is 257 g/mol. The second kappa shape index (κ2) is 4.59. The van der Waals surface area contributed by atoms with Gasteiger partial charge in [-0.05, 0) is 0 Å². The van der Waals surface area contributed by atoms with Crippen molar-refractivity contribution in [3.8, 4) is 11.5 Å². The fraction of sp³-hybridized carbons (Fsp3) is 0.100. The summed E-state index contributed by atoms with van der Waals surface area (Å²) in [5, 5.41) is 21.6. The van der Waals surface area contributed by atoms with Crippen molar-refractivity contribution in [3.63, 3.8) is 0 Å². The van der Waals surface area contributed by atoms with Crippen molar-refractivity contribution in [1.29, 1.82) is 0 Å². The number of nitrogens with zero attached hydrogens (tertiary/aromatic N) is 1. The van der Waals surface area contributed by atoms with Gasteiger partial charge >= 0.3 is 0 Å². The van der Waals surface area contributed by atoms with Crippen molar-refractivity contribution in [2.75, 3.05) is 5.32 Å². The molecule has 0 radical (unpaired) electrons. The molecule has 6 heteroatoms. The van der Waals surface area contributed by atoms with Gasteiger partial charge < -0.3 is 15.5 Å². The number of anilines is 1. The van der Waals surface area contributed by atoms with Crippen molar-refractivity contribution < 1.29 is 10.2 Å². The first kappa shape index (κ1) is 11.0. The fourth-order valence-corrected chi connectivity index (χ4v) is 2.17. The highest BCUT2D eigenvalue weighted by Gasteiger charge is 2.01. The summed E-state index contributed by atoms with van der Waals surface area (Å²) in [5.41, 5.74) is 0.641. The van der Waals surface area contributed by atoms with E-state index in [0.717, 1.165) is 4.88 Å². The molecule has 0 fully saturated rings. The first-order chi connectivity index (χ1) is 7.63. The molecule has 3 N–H and O–H groups in total. The molecule has 0 aliphatic rings. The van der Waals surface area contributed by atoms with E-state index in [1.54, 1.807) is 6.20 Å². The molecular formula is C10H9ClN2O2S. The molecule has 0 saturated carbocycles. The summed E-state index contributed by atoms with van der Waals surface area (Å²) in [6, 6.07) is 4.33. The minimum atomic E-state index is 0.0184. The molecule has 84 valence electrons. The van der Waals surface area contributed by atoms with Gasteiger partial charge in [0.2, 0.25) is 0 Å². The highest BCUT2D eigenvalue weighted by atomic mass is 35.5. The predicted octanol–water partition coefficient (Wildman–Crippen LogP) is 2.82. The van der Waals surface area contributed by atoms with Gasteiger partial charge in [-0.25, -0.2) is 4.98 Å². The van der Waals surface area contributed by atoms with Gasteiger partial charge in [0.25, 0.3) is 0 Å². The molecule has 0 atom stereocenters. The van der Waals surface area contributed by atoms with Crippen LogP contribution in [0.25, 0.3) is 0 Å². The van der Waals surface area contributed by atoms with Crippen LogP contribution in [0, 0.1) is 0 Å². The van der Waals surface area contributed by atoms with Crippen LogP contribution in [0.2, 0.25) is 4.47 Å². The topological polar surface area (TPSA) is 65.4 Å². The van der Waals surface area contributed by atoms with Gasteiger partial charge in [-0.1, -0.05) is 11.6 Å². The van der Waals surface area contributed by atoms with Crippen molar-refractivity contribution in [3.05, 3.63) is 33.7 Å². The summed E-state index contributed by atoms with van der Waals surface area (Å²) in [5.74, 6) is 0.0367. The van der Waals surface area contributed by atoms with Crippen LogP contribution in [0.15, 0.2) is 24.4 Å². The number of aromatic hydroxyl groups is 2. The number of halogens is 1. The van der Waals surface area contributed by atoms with Gasteiger partial charge in [0.15, 0.2) is 4.47 Å². The van der Waals surface area contributed by atoms with Crippen LogP contribution in [0.5, 0.6) is 11.5 Å². The average Bonchev–Trinajstić information content (AvgIpc) is 2.60. The smallest absolute Gasteiger partial charge is 0.183 e. The predicted molar refractivity (Wildman–Crippen MR) is 64.2 cm³/mol. The number of nitrogens with one attached hydrogen (secondary N) is 1. The lowest BCUT2D eigenvalue weighted by molar-refractivity contribution is 0.451. The Bertz CT molecular complexity index is 481. The Morgan fingerprint density at radius 3 is 2.50 bits per heavy atom. The van der Waals surface area contributed by atoms with E-state index in [2.05, 4.69) is 10.3 Å². The first-order valence-electron chi connectivity index (χ1n) is 4.50. The van der Waals surface area contributed by atoms with E-state index in [1.807, 2.05) is 0 Å². The molecule has 0 aliphatic heterocycles. The molecule has 0 saturated heterocycles. The zero-order valence-electron chi connectivity index (χ0n) is 8.14. The molecule has 0 bridgehead atoms. The van der Waals surface area contributed by atoms with E-state index < -0.39 is 0 Å². The molecule has 2 rings (SSSR count). The van der Waals surface area contributed by atoms with Gasteiger partial charge in [-0.3, -0.25) is 0 Å². The largest absolute Gasteiger partial charge is 0.508 e. The Kier molecular flexibility index (Phi) is 3.17. The third-order valence-corrected chi connectivity index (χ3v) is 3.01. The lowest BCUT2D eigenvalue weighted by atomic mass is 10.3. The minimum absolute atomic E-state index is 0.0184. The standard InChI is InChI=1S/C10H9ClN2O2S/c11-10-13-5-9(16-10)4-12-6-1-7(14)3-8(15)2-6/h1-3,5,12,14-15H,4H2. The maximum atomic E-state index is 9.26. The van der Waals surface area contributed by atoms with Crippen LogP contribution in [0.4, 0.5) is 5.69 Å². The van der Waals surface area contributed by atoms with Crippen LogP contribution in [0.3, 0.4) is 0 Å². The van der Waals surface area contributed by atoms with E-state index in [4.69, 9.17) is 11.6 Å². The molecule has 1 aromatic carbocycles. The van der Waals surface area contributed by atoms with Gasteiger partial charge in [0, 0.05) is 35.0 Å². The quantitative estimate of drug-likeness (QED) is 0.790. The number of thiazole rings is 1. The molecule has 0 spiro atoms. The summed E-state index contributed by atoms with van der Waals surface area (Å²) in [6.07, 6.45) is 1.68. The monoisotopic (exact) mass is 256 g/mol. The molecule has 0 unspecified atom stereocenters. The Morgan fingerprint density at radius 2 is 1.94 bits per heavy atom. The third kappa shape index (κ3) is 2.77. The van der Waals surface area contributed by atoms with Gasteiger partial charge in [-0.2, -0.15) is 0 Å². The van der Waals surface area contributed by atoms with E-state index in [9.17, 15) is 10.2 Å². The number of aromatic nitrogens is 1. The Hall–Kier alpha value is -1.46. The van der Waals surface area contributed by atoms with Gasteiger partial charge in [0.1, 0.15) is 11.5 Å². The summed E-state index contributed by atoms with van der Waals surface area (Å²) in [6.45, 7) is 0.549. The van der Waals surface area contributed by atoms with Crippen LogP contribution in [-0.4, -0.2) is 15.2 Å². The van der Waals surface area contributed by atoms with Gasteiger partial charge in [-0.15, -0.1) is 11.3 Å². The molecule has 0 amide bonds. The molecule has 4 nitrogen and oxygen atoms in total. The summed E-state index contributed by atoms with van der Waals surface area (Å²) >= 11 is 7.07. The zero-order valence-corrected chi connectivity index (χ0v) is 9.72. The molecule has 16 heavy (non-hydrogen) atoms. The maximum Gasteiger partial charge on any atom is 0.183 e. The molecule has 2 aromatic rings. The third-order valence-electron chi connectivity index (χ3n) is 1.89. The van der Waals surface area contributed by atoms with E-state index in [0.29, 0.717) is 16.7 Å². The SMILES string of the molecule is Oc1cc(O)cc(NCc2cnc(Cl)s2)c1. The maximum absolute atomic E-state index is 9.26. The summed E-state index contributed by atoms with van der Waals surface area (Å²) < 4.78 is 0.496. The molecule has 1 heterocycles. The van der Waals surface area contributed by atoms with Crippen molar-refractivity contribution in [1.82, 2.24) is 4.98 Å². The van der Waals surface area contributed by atoms with E-state index in [1.165, 1.54) is 29.5 Å². The summed E-state index contributed by atoms with van der Waals surface area (Å²) in [4.78, 5) is 4.89. The second-order valence-corrected chi connectivity index (χ2v) is 4.87. The number of phenolic OH excluding ortho intramolecular Hbond substituents is 2. The van der Waals surface area contributed by atoms with E-state index >= 15 is 0 Å². The minimum Gasteiger partial charge on any atom is -0.508 e. The number of hydrogen-bond acceptors (Lipinski definition) is 5. The lowest BCUT2D eigenvalue weighted by Crippen LogP contribution is -1.96. The van der Waals surface area contributed by atoms with Crippen LogP contribution < -0.4 is 5.32 Å². The number of rotatable bonds is 3. The fourth-order valence-electron chi connectivity index (χ4n) is 1.25. The van der Waals surface area contributed by atoms with Crippen molar-refractivity contribution >= 4 is 28.6 Å². The van der Waals surface area contributed by atoms with Gasteiger partial charge in [0.05, 0.1) is 6.54 Å². The zero-order chi connectivity index (χ0) is 11.5. The van der Waals surface area contributed by atoms with Crippen LogP contribution in [-0.2, 0) is 6.54 Å². The van der Waals surface area contributed by atoms with E-state index in [-0.39, 0.29) is 11.5 Å². The molecule has 1 aromatic heterocycles. The normalized spacial score (nSPS) is 10.3. The first-order valence-corrected chi connectivity index (χ1v) is 5.70. The molecular weight excluding hydrogens is 248 g/mol. The Labute approximate surface area is 101 Å². The highest BCUT2D eigenvalue weighted by Crippen LogP contribution is 2.25. The van der Waals surface area contributed by atoms with Crippen molar-refractivity contribution in [2.24, 2.45) is 0 Å². The highest BCUT2D eigenvalue weighted by molar-refractivity contribution is 7.15. The number of hydrogen-bond donors (Lipinski definition) is 3. The second-order valence-electron chi connectivity index (χ2n) is 3.17. The van der Waals surface area contributed by atoms with Crippen LogP contribution >= 0.6 is 22.9 Å². The van der Waals surface area contributed by atoms with Crippen molar-refractivity contribution in [2.45, 2.75) is 6.54 Å². The number of benzene rings is 1. The Balaban J connectivity index is 2.04. The summed E-state index contributed by atoms with van der Waals surface area (Å²) in [7, 11) is 0. The number of phenols is 2. The Morgan fingerprint density at radius 1 is 1.25 bits per heavy atom. The lowest BCUT2D eigenvalue weighted by Gasteiger charge is -2.05. The molecule has 0 aliphatic carbocycles. The van der Waals surface area contributed by atoms with Crippen LogP contribution in [0.1, 0.15) is 4.88 Å².